The number of amides is 4. The standard InChI is InChI=1S/C17H23N5O6S/c1-11-14(12(2)28-19-11)29(26,27)21-8-6-20(7-9-21)13(23)10-22-15(24)17(4-3-5-17)18-16(22)25/h3-10H2,1-2H3,(H,18,25). The van der Waals surface area contributed by atoms with E-state index in [1.54, 1.807) is 13.8 Å². The molecular formula is C17H23N5O6S. The highest BCUT2D eigenvalue weighted by Gasteiger charge is 2.55. The summed E-state index contributed by atoms with van der Waals surface area (Å²) in [7, 11) is -3.77. The first-order valence-corrected chi connectivity index (χ1v) is 10.9. The van der Waals surface area contributed by atoms with E-state index < -0.39 is 21.6 Å². The monoisotopic (exact) mass is 425 g/mol. The van der Waals surface area contributed by atoms with Crippen molar-refractivity contribution in [3.05, 3.63) is 11.5 Å². The second-order valence-electron chi connectivity index (χ2n) is 7.70. The lowest BCUT2D eigenvalue weighted by Crippen LogP contribution is -2.54. The molecule has 11 nitrogen and oxygen atoms in total. The number of carbonyl (C=O) groups is 3. The van der Waals surface area contributed by atoms with E-state index in [1.807, 2.05) is 0 Å². The molecule has 1 N–H and O–H groups in total. The van der Waals surface area contributed by atoms with Crippen LogP contribution in [0.1, 0.15) is 30.7 Å². The maximum atomic E-state index is 12.9. The Hall–Kier alpha value is -2.47. The van der Waals surface area contributed by atoms with Gasteiger partial charge in [-0.05, 0) is 33.1 Å². The molecule has 4 rings (SSSR count). The number of nitrogens with zero attached hydrogens (tertiary/aromatic N) is 4. The summed E-state index contributed by atoms with van der Waals surface area (Å²) in [5.74, 6) is -0.495. The largest absolute Gasteiger partial charge is 0.360 e. The minimum absolute atomic E-state index is 0.0578. The van der Waals surface area contributed by atoms with E-state index in [2.05, 4.69) is 10.5 Å². The van der Waals surface area contributed by atoms with Gasteiger partial charge in [-0.1, -0.05) is 5.16 Å². The molecule has 1 aromatic heterocycles. The zero-order valence-corrected chi connectivity index (χ0v) is 17.1. The number of hydrogen-bond acceptors (Lipinski definition) is 7. The van der Waals surface area contributed by atoms with Crippen LogP contribution >= 0.6 is 0 Å². The second kappa shape index (κ2) is 6.80. The number of aromatic nitrogens is 1. The fourth-order valence-electron chi connectivity index (χ4n) is 4.07. The first-order valence-electron chi connectivity index (χ1n) is 9.51. The maximum absolute atomic E-state index is 12.9. The van der Waals surface area contributed by atoms with Crippen LogP contribution in [0.5, 0.6) is 0 Å². The lowest BCUT2D eigenvalue weighted by Gasteiger charge is -2.35. The molecule has 3 heterocycles. The van der Waals surface area contributed by atoms with Crippen LogP contribution in [0.3, 0.4) is 0 Å². The Morgan fingerprint density at radius 1 is 1.17 bits per heavy atom. The molecule has 0 aromatic carbocycles. The van der Waals surface area contributed by atoms with Gasteiger partial charge in [-0.25, -0.2) is 13.2 Å². The summed E-state index contributed by atoms with van der Waals surface area (Å²) >= 11 is 0. The summed E-state index contributed by atoms with van der Waals surface area (Å²) < 4.78 is 32.0. The zero-order valence-electron chi connectivity index (χ0n) is 16.3. The van der Waals surface area contributed by atoms with E-state index in [1.165, 1.54) is 9.21 Å². The van der Waals surface area contributed by atoms with Crippen LogP contribution in [-0.4, -0.2) is 83.8 Å². The Bertz CT molecular complexity index is 955. The van der Waals surface area contributed by atoms with E-state index in [4.69, 9.17) is 4.52 Å². The van der Waals surface area contributed by atoms with Crippen molar-refractivity contribution in [3.63, 3.8) is 0 Å². The molecule has 2 saturated heterocycles. The van der Waals surface area contributed by atoms with Crippen LogP contribution in [0.25, 0.3) is 0 Å². The molecule has 1 aromatic rings. The van der Waals surface area contributed by atoms with E-state index >= 15 is 0 Å². The normalized spacial score (nSPS) is 22.1. The van der Waals surface area contributed by atoms with Gasteiger partial charge in [-0.3, -0.25) is 14.5 Å². The fraction of sp³-hybridized carbons (Fsp3) is 0.647. The molecule has 1 aliphatic carbocycles. The van der Waals surface area contributed by atoms with E-state index in [0.29, 0.717) is 18.5 Å². The number of aryl methyl sites for hydroxylation is 2. The third-order valence-corrected chi connectivity index (χ3v) is 8.05. The maximum Gasteiger partial charge on any atom is 0.325 e. The van der Waals surface area contributed by atoms with Crippen molar-refractivity contribution in [2.75, 3.05) is 32.7 Å². The number of piperazine rings is 1. The number of nitrogens with one attached hydrogen (secondary N) is 1. The molecule has 0 atom stereocenters. The first-order chi connectivity index (χ1) is 13.7. The van der Waals surface area contributed by atoms with Gasteiger partial charge >= 0.3 is 6.03 Å². The summed E-state index contributed by atoms with van der Waals surface area (Å²) in [5, 5.41) is 6.39. The van der Waals surface area contributed by atoms with Gasteiger partial charge < -0.3 is 14.7 Å². The van der Waals surface area contributed by atoms with Crippen molar-refractivity contribution in [2.45, 2.75) is 43.5 Å². The summed E-state index contributed by atoms with van der Waals surface area (Å²) in [6.45, 7) is 3.36. The van der Waals surface area contributed by atoms with Gasteiger partial charge in [0, 0.05) is 26.2 Å². The Balaban J connectivity index is 1.38. The summed E-state index contributed by atoms with van der Waals surface area (Å²) in [6, 6.07) is -0.539. The third kappa shape index (κ3) is 3.10. The number of sulfonamides is 1. The summed E-state index contributed by atoms with van der Waals surface area (Å²) in [6.07, 6.45) is 2.07. The minimum atomic E-state index is -3.77. The van der Waals surface area contributed by atoms with E-state index in [0.717, 1.165) is 11.3 Å². The molecule has 158 valence electrons. The van der Waals surface area contributed by atoms with Crippen molar-refractivity contribution in [2.24, 2.45) is 0 Å². The molecule has 12 heteroatoms. The smallest absolute Gasteiger partial charge is 0.325 e. The predicted molar refractivity (Wildman–Crippen MR) is 98.1 cm³/mol. The molecule has 1 saturated carbocycles. The third-order valence-electron chi connectivity index (χ3n) is 5.90. The minimum Gasteiger partial charge on any atom is -0.360 e. The number of hydrogen-bond donors (Lipinski definition) is 1. The molecule has 0 radical (unpaired) electrons. The highest BCUT2D eigenvalue weighted by molar-refractivity contribution is 7.89. The molecule has 0 unspecified atom stereocenters. The lowest BCUT2D eigenvalue weighted by molar-refractivity contribution is -0.141. The molecule has 4 amide bonds. The van der Waals surface area contributed by atoms with Gasteiger partial charge in [0.05, 0.1) is 0 Å². The van der Waals surface area contributed by atoms with Crippen LogP contribution in [0.4, 0.5) is 4.79 Å². The predicted octanol–water partition coefficient (Wildman–Crippen LogP) is -0.401. The van der Waals surface area contributed by atoms with Crippen molar-refractivity contribution in [1.82, 2.24) is 24.6 Å². The topological polar surface area (TPSA) is 133 Å². The first kappa shape index (κ1) is 19.8. The Morgan fingerprint density at radius 3 is 2.31 bits per heavy atom. The number of urea groups is 1. The van der Waals surface area contributed by atoms with Crippen molar-refractivity contribution >= 4 is 27.9 Å². The number of imide groups is 1. The Morgan fingerprint density at radius 2 is 1.83 bits per heavy atom. The van der Waals surface area contributed by atoms with Crippen LogP contribution in [-0.2, 0) is 19.6 Å². The summed E-state index contributed by atoms with van der Waals surface area (Å²) in [5.41, 5.74) is -0.525. The Kier molecular flexibility index (Phi) is 4.65. The summed E-state index contributed by atoms with van der Waals surface area (Å²) in [4.78, 5) is 39.7. The van der Waals surface area contributed by atoms with Gasteiger partial charge in [0.2, 0.25) is 15.9 Å². The number of rotatable bonds is 4. The fourth-order valence-corrected chi connectivity index (χ4v) is 5.79. The van der Waals surface area contributed by atoms with Crippen LogP contribution < -0.4 is 5.32 Å². The van der Waals surface area contributed by atoms with Crippen molar-refractivity contribution in [1.29, 1.82) is 0 Å². The van der Waals surface area contributed by atoms with Crippen LogP contribution in [0.2, 0.25) is 0 Å². The molecule has 2 aliphatic heterocycles. The van der Waals surface area contributed by atoms with Gasteiger partial charge in [0.1, 0.15) is 22.7 Å². The molecule has 3 aliphatic rings. The molecule has 1 spiro atoms. The van der Waals surface area contributed by atoms with Gasteiger partial charge in [-0.2, -0.15) is 4.31 Å². The molecular weight excluding hydrogens is 402 g/mol. The Labute approximate surface area is 168 Å². The quantitative estimate of drug-likeness (QED) is 0.649. The van der Waals surface area contributed by atoms with Crippen molar-refractivity contribution < 1.29 is 27.3 Å². The highest BCUT2D eigenvalue weighted by atomic mass is 32.2. The highest BCUT2D eigenvalue weighted by Crippen LogP contribution is 2.37. The SMILES string of the molecule is Cc1noc(C)c1S(=O)(=O)N1CCN(C(=O)CN2C(=O)NC3(CCC3)C2=O)CC1. The van der Waals surface area contributed by atoms with E-state index in [-0.39, 0.29) is 55.2 Å². The van der Waals surface area contributed by atoms with Crippen molar-refractivity contribution in [3.8, 4) is 0 Å². The van der Waals surface area contributed by atoms with Gasteiger partial charge in [0.15, 0.2) is 5.76 Å². The van der Waals surface area contributed by atoms with E-state index in [9.17, 15) is 22.8 Å². The second-order valence-corrected chi connectivity index (χ2v) is 9.57. The average molecular weight is 425 g/mol. The number of carbonyl (C=O) groups excluding carboxylic acids is 3. The average Bonchev–Trinajstić information content (AvgIpc) is 3.12. The zero-order chi connectivity index (χ0) is 21.0. The molecule has 3 fully saturated rings. The molecule has 29 heavy (non-hydrogen) atoms. The molecule has 0 bridgehead atoms. The van der Waals surface area contributed by atoms with Crippen LogP contribution in [0, 0.1) is 13.8 Å². The van der Waals surface area contributed by atoms with Gasteiger partial charge in [0.25, 0.3) is 5.91 Å². The van der Waals surface area contributed by atoms with Gasteiger partial charge in [-0.15, -0.1) is 0 Å². The lowest BCUT2D eigenvalue weighted by atomic mass is 9.77. The van der Waals surface area contributed by atoms with Crippen LogP contribution in [0.15, 0.2) is 9.42 Å².